The molecule has 0 aliphatic rings. The van der Waals surface area contributed by atoms with Crippen molar-refractivity contribution >= 4 is 53.0 Å². The second-order valence-electron chi connectivity index (χ2n) is 4.30. The molecular weight excluding hydrogens is 338 g/mol. The molecule has 112 valence electrons. The number of halogens is 1. The number of thiocarbonyl (C=S) groups is 1. The highest BCUT2D eigenvalue weighted by atomic mass is 35.5. The highest BCUT2D eigenvalue weighted by Crippen LogP contribution is 2.31. The Morgan fingerprint density at radius 1 is 1.10 bits per heavy atom. The molecule has 5 heteroatoms. The second-order valence-corrected chi connectivity index (χ2v) is 6.57. The molecule has 0 spiro atoms. The molecule has 1 atom stereocenters. The SMILES string of the molecule is CSc1ccc(C(=S)C(N)SC)cc1-c1ccccc1.Cl. The van der Waals surface area contributed by atoms with Crippen LogP contribution < -0.4 is 5.73 Å². The van der Waals surface area contributed by atoms with E-state index in [2.05, 4.69) is 48.7 Å². The summed E-state index contributed by atoms with van der Waals surface area (Å²) < 4.78 is 0. The lowest BCUT2D eigenvalue weighted by molar-refractivity contribution is 1.24. The Bertz CT molecular complexity index is 602. The molecule has 2 aromatic rings. The van der Waals surface area contributed by atoms with Crippen LogP contribution in [0.3, 0.4) is 0 Å². The lowest BCUT2D eigenvalue weighted by Crippen LogP contribution is -2.25. The van der Waals surface area contributed by atoms with Gasteiger partial charge in [0.1, 0.15) is 0 Å². The number of benzene rings is 2. The van der Waals surface area contributed by atoms with Crippen molar-refractivity contribution < 1.29 is 0 Å². The molecule has 0 fully saturated rings. The van der Waals surface area contributed by atoms with Crippen molar-refractivity contribution in [3.05, 3.63) is 54.1 Å². The zero-order valence-corrected chi connectivity index (χ0v) is 15.2. The van der Waals surface area contributed by atoms with Gasteiger partial charge in [0.25, 0.3) is 0 Å². The second kappa shape index (κ2) is 8.81. The summed E-state index contributed by atoms with van der Waals surface area (Å²) in [5.74, 6) is 0. The third-order valence-corrected chi connectivity index (χ3v) is 5.26. The van der Waals surface area contributed by atoms with Gasteiger partial charge in [-0.15, -0.1) is 35.9 Å². The van der Waals surface area contributed by atoms with E-state index in [-0.39, 0.29) is 17.8 Å². The van der Waals surface area contributed by atoms with Crippen LogP contribution in [0.15, 0.2) is 53.4 Å². The van der Waals surface area contributed by atoms with Crippen LogP contribution in [0.25, 0.3) is 11.1 Å². The third kappa shape index (κ3) is 4.47. The van der Waals surface area contributed by atoms with Crippen molar-refractivity contribution in [1.29, 1.82) is 0 Å². The van der Waals surface area contributed by atoms with Crippen LogP contribution in [0.2, 0.25) is 0 Å². The first-order chi connectivity index (χ1) is 9.67. The van der Waals surface area contributed by atoms with E-state index in [1.165, 1.54) is 16.0 Å². The molecule has 21 heavy (non-hydrogen) atoms. The number of thioether (sulfide) groups is 2. The van der Waals surface area contributed by atoms with E-state index in [4.69, 9.17) is 18.0 Å². The van der Waals surface area contributed by atoms with Gasteiger partial charge in [0.05, 0.1) is 5.37 Å². The van der Waals surface area contributed by atoms with Crippen molar-refractivity contribution in [1.82, 2.24) is 0 Å². The van der Waals surface area contributed by atoms with Gasteiger partial charge in [-0.25, -0.2) is 0 Å². The van der Waals surface area contributed by atoms with Gasteiger partial charge in [0.15, 0.2) is 0 Å². The maximum Gasteiger partial charge on any atom is 0.0869 e. The van der Waals surface area contributed by atoms with Gasteiger partial charge in [0.2, 0.25) is 0 Å². The van der Waals surface area contributed by atoms with Crippen LogP contribution in [0.5, 0.6) is 0 Å². The van der Waals surface area contributed by atoms with Crippen LogP contribution in [-0.4, -0.2) is 22.7 Å². The molecule has 1 unspecified atom stereocenters. The minimum atomic E-state index is -0.131. The van der Waals surface area contributed by atoms with Crippen LogP contribution in [0.1, 0.15) is 5.56 Å². The highest BCUT2D eigenvalue weighted by Gasteiger charge is 2.13. The van der Waals surface area contributed by atoms with E-state index >= 15 is 0 Å². The number of rotatable bonds is 5. The van der Waals surface area contributed by atoms with Crippen molar-refractivity contribution in [2.75, 3.05) is 12.5 Å². The van der Waals surface area contributed by atoms with Crippen LogP contribution in [0, 0.1) is 0 Å². The summed E-state index contributed by atoms with van der Waals surface area (Å²) in [6, 6.07) is 16.7. The molecular formula is C16H18ClNS3. The van der Waals surface area contributed by atoms with Crippen LogP contribution in [0.4, 0.5) is 0 Å². The molecule has 2 N–H and O–H groups in total. The predicted molar refractivity (Wildman–Crippen MR) is 104 cm³/mol. The van der Waals surface area contributed by atoms with Gasteiger partial charge in [-0.2, -0.15) is 0 Å². The molecule has 0 saturated heterocycles. The lowest BCUT2D eigenvalue weighted by Gasteiger charge is -2.14. The maximum absolute atomic E-state index is 6.02. The Morgan fingerprint density at radius 3 is 2.33 bits per heavy atom. The predicted octanol–water partition coefficient (Wildman–Crippen LogP) is 4.86. The maximum atomic E-state index is 6.02. The van der Waals surface area contributed by atoms with Gasteiger partial charge in [-0.05, 0) is 41.3 Å². The summed E-state index contributed by atoms with van der Waals surface area (Å²) in [6.45, 7) is 0. The normalized spacial score (nSPS) is 11.6. The fourth-order valence-corrected chi connectivity index (χ4v) is 3.34. The first-order valence-corrected chi connectivity index (χ1v) is 9.15. The summed E-state index contributed by atoms with van der Waals surface area (Å²) in [7, 11) is 0. The summed E-state index contributed by atoms with van der Waals surface area (Å²) in [5, 5.41) is -0.131. The number of hydrogen-bond acceptors (Lipinski definition) is 4. The summed E-state index contributed by atoms with van der Waals surface area (Å²) in [4.78, 5) is 2.06. The molecule has 0 aliphatic carbocycles. The molecule has 1 nitrogen and oxygen atoms in total. The zero-order chi connectivity index (χ0) is 14.5. The third-order valence-electron chi connectivity index (χ3n) is 3.08. The Kier molecular flexibility index (Phi) is 7.77. The van der Waals surface area contributed by atoms with Gasteiger partial charge >= 0.3 is 0 Å². The highest BCUT2D eigenvalue weighted by molar-refractivity contribution is 8.01. The smallest absolute Gasteiger partial charge is 0.0869 e. The molecule has 2 aromatic carbocycles. The first kappa shape index (κ1) is 18.5. The molecule has 0 saturated carbocycles. The standard InChI is InChI=1S/C16H17NS3.ClH/c1-19-14-9-8-12(15(18)16(17)20-2)10-13(14)11-6-4-3-5-7-11;/h3-10,16H,17H2,1-2H3;1H. The van der Waals surface area contributed by atoms with E-state index in [1.807, 2.05) is 12.3 Å². The molecule has 0 bridgehead atoms. The van der Waals surface area contributed by atoms with Crippen molar-refractivity contribution in [2.24, 2.45) is 5.73 Å². The molecule has 0 aromatic heterocycles. The summed E-state index contributed by atoms with van der Waals surface area (Å²) >= 11 is 8.79. The Labute approximate surface area is 146 Å². The first-order valence-electron chi connectivity index (χ1n) is 6.23. The van der Waals surface area contributed by atoms with E-state index < -0.39 is 0 Å². The van der Waals surface area contributed by atoms with Gasteiger partial charge < -0.3 is 5.73 Å². The quantitative estimate of drug-likeness (QED) is 0.358. The molecule has 0 aliphatic heterocycles. The van der Waals surface area contributed by atoms with E-state index in [0.29, 0.717) is 0 Å². The molecule has 0 amide bonds. The van der Waals surface area contributed by atoms with Crippen molar-refractivity contribution in [3.8, 4) is 11.1 Å². The van der Waals surface area contributed by atoms with Gasteiger partial charge in [-0.1, -0.05) is 48.6 Å². The van der Waals surface area contributed by atoms with E-state index in [9.17, 15) is 0 Å². The Hall–Kier alpha value is -0.520. The Morgan fingerprint density at radius 2 is 1.76 bits per heavy atom. The monoisotopic (exact) mass is 355 g/mol. The van der Waals surface area contributed by atoms with Crippen molar-refractivity contribution in [2.45, 2.75) is 10.3 Å². The van der Waals surface area contributed by atoms with E-state index in [1.54, 1.807) is 23.5 Å². The van der Waals surface area contributed by atoms with Crippen LogP contribution in [-0.2, 0) is 0 Å². The van der Waals surface area contributed by atoms with E-state index in [0.717, 1.165) is 10.4 Å². The number of hydrogen-bond donors (Lipinski definition) is 1. The van der Waals surface area contributed by atoms with Gasteiger partial charge in [-0.3, -0.25) is 0 Å². The minimum Gasteiger partial charge on any atom is -0.315 e. The topological polar surface area (TPSA) is 26.0 Å². The minimum absolute atomic E-state index is 0. The average Bonchev–Trinajstić information content (AvgIpc) is 2.53. The largest absolute Gasteiger partial charge is 0.315 e. The van der Waals surface area contributed by atoms with Crippen molar-refractivity contribution in [3.63, 3.8) is 0 Å². The molecule has 0 radical (unpaired) electrons. The Balaban J connectivity index is 0.00000220. The average molecular weight is 356 g/mol. The lowest BCUT2D eigenvalue weighted by atomic mass is 10.0. The molecule has 2 rings (SSSR count). The molecule has 0 heterocycles. The fourth-order valence-electron chi connectivity index (χ4n) is 1.98. The van der Waals surface area contributed by atoms with Gasteiger partial charge in [0, 0.05) is 9.76 Å². The fraction of sp³-hybridized carbons (Fsp3) is 0.188. The number of nitrogens with two attached hydrogens (primary N) is 1. The zero-order valence-electron chi connectivity index (χ0n) is 11.9. The van der Waals surface area contributed by atoms with Crippen LogP contribution >= 0.6 is 48.1 Å². The summed E-state index contributed by atoms with van der Waals surface area (Å²) in [5.41, 5.74) is 9.49. The summed E-state index contributed by atoms with van der Waals surface area (Å²) in [6.07, 6.45) is 4.07.